The van der Waals surface area contributed by atoms with Crippen molar-refractivity contribution in [3.8, 4) is 0 Å². The van der Waals surface area contributed by atoms with Gasteiger partial charge in [-0.2, -0.15) is 0 Å². The SMILES string of the molecule is CS(=O)(=O)c1cccc(NC(=O)C[NH+]2CCCCCC2)c1. The molecule has 5 nitrogen and oxygen atoms in total. The molecule has 1 saturated heterocycles. The number of carbonyl (C=O) groups excluding carboxylic acids is 1. The zero-order valence-corrected chi connectivity index (χ0v) is 13.2. The Bertz CT molecular complexity index is 591. The van der Waals surface area contributed by atoms with Crippen LogP contribution < -0.4 is 10.2 Å². The highest BCUT2D eigenvalue weighted by molar-refractivity contribution is 7.90. The second-order valence-electron chi connectivity index (χ2n) is 5.69. The Labute approximate surface area is 126 Å². The molecule has 0 aromatic heterocycles. The minimum Gasteiger partial charge on any atom is -0.327 e. The van der Waals surface area contributed by atoms with Crippen molar-refractivity contribution in [1.29, 1.82) is 0 Å². The van der Waals surface area contributed by atoms with Gasteiger partial charge in [-0.25, -0.2) is 8.42 Å². The molecule has 1 heterocycles. The minimum absolute atomic E-state index is 0.0578. The van der Waals surface area contributed by atoms with Crippen molar-refractivity contribution in [1.82, 2.24) is 0 Å². The summed E-state index contributed by atoms with van der Waals surface area (Å²) in [5.41, 5.74) is 0.539. The third-order valence-electron chi connectivity index (χ3n) is 3.77. The fraction of sp³-hybridized carbons (Fsp3) is 0.533. The maximum Gasteiger partial charge on any atom is 0.279 e. The lowest BCUT2D eigenvalue weighted by Gasteiger charge is -2.16. The second-order valence-corrected chi connectivity index (χ2v) is 7.70. The first-order valence-corrected chi connectivity index (χ1v) is 9.28. The average Bonchev–Trinajstić information content (AvgIpc) is 2.66. The van der Waals surface area contributed by atoms with Crippen LogP contribution in [0.4, 0.5) is 5.69 Å². The van der Waals surface area contributed by atoms with Gasteiger partial charge in [0.05, 0.1) is 18.0 Å². The first kappa shape index (κ1) is 16.0. The molecule has 21 heavy (non-hydrogen) atoms. The first-order chi connectivity index (χ1) is 9.95. The summed E-state index contributed by atoms with van der Waals surface area (Å²) < 4.78 is 23.0. The van der Waals surface area contributed by atoms with Gasteiger partial charge in [0.1, 0.15) is 0 Å². The first-order valence-electron chi connectivity index (χ1n) is 7.39. The molecule has 0 unspecified atom stereocenters. The molecule has 1 aliphatic rings. The maximum absolute atomic E-state index is 12.1. The molecule has 1 fully saturated rings. The van der Waals surface area contributed by atoms with E-state index in [4.69, 9.17) is 0 Å². The molecule has 0 atom stereocenters. The third-order valence-corrected chi connectivity index (χ3v) is 4.88. The zero-order chi connectivity index (χ0) is 15.3. The van der Waals surface area contributed by atoms with Crippen molar-refractivity contribution in [3.63, 3.8) is 0 Å². The fourth-order valence-electron chi connectivity index (χ4n) is 2.64. The Hall–Kier alpha value is -1.40. The Balaban J connectivity index is 1.96. The number of hydrogen-bond donors (Lipinski definition) is 2. The molecule has 0 aliphatic carbocycles. The predicted molar refractivity (Wildman–Crippen MR) is 82.2 cm³/mol. The van der Waals surface area contributed by atoms with Crippen LogP contribution in [-0.2, 0) is 14.6 Å². The normalized spacial score (nSPS) is 17.2. The van der Waals surface area contributed by atoms with Crippen LogP contribution in [0.1, 0.15) is 25.7 Å². The van der Waals surface area contributed by atoms with Crippen LogP contribution in [0.15, 0.2) is 29.2 Å². The van der Waals surface area contributed by atoms with Crippen LogP contribution in [0.2, 0.25) is 0 Å². The summed E-state index contributed by atoms with van der Waals surface area (Å²) in [5.74, 6) is -0.0578. The quantitative estimate of drug-likeness (QED) is 0.850. The van der Waals surface area contributed by atoms with E-state index in [0.29, 0.717) is 12.2 Å². The molecule has 6 heteroatoms. The van der Waals surface area contributed by atoms with E-state index in [1.807, 2.05) is 0 Å². The number of carbonyl (C=O) groups is 1. The van der Waals surface area contributed by atoms with E-state index >= 15 is 0 Å². The molecule has 0 bridgehead atoms. The Morgan fingerprint density at radius 3 is 2.48 bits per heavy atom. The van der Waals surface area contributed by atoms with E-state index in [0.717, 1.165) is 19.3 Å². The van der Waals surface area contributed by atoms with E-state index in [2.05, 4.69) is 5.32 Å². The molecule has 1 aliphatic heterocycles. The standard InChI is InChI=1S/C15H22N2O3S/c1-21(19,20)14-8-6-7-13(11-14)16-15(18)12-17-9-4-2-3-5-10-17/h6-8,11H,2-5,9-10,12H2,1H3,(H,16,18)/p+1. The van der Waals surface area contributed by atoms with Crippen LogP contribution in [-0.4, -0.2) is 40.2 Å². The lowest BCUT2D eigenvalue weighted by Crippen LogP contribution is -3.12. The fourth-order valence-corrected chi connectivity index (χ4v) is 3.31. The molecule has 0 saturated carbocycles. The molecule has 1 aromatic rings. The lowest BCUT2D eigenvalue weighted by atomic mass is 10.2. The van der Waals surface area contributed by atoms with Gasteiger partial charge in [0.15, 0.2) is 16.4 Å². The van der Waals surface area contributed by atoms with Crippen molar-refractivity contribution in [3.05, 3.63) is 24.3 Å². The van der Waals surface area contributed by atoms with Gasteiger partial charge in [0.2, 0.25) is 0 Å². The van der Waals surface area contributed by atoms with Crippen molar-refractivity contribution in [2.24, 2.45) is 0 Å². The van der Waals surface area contributed by atoms with Gasteiger partial charge < -0.3 is 10.2 Å². The van der Waals surface area contributed by atoms with E-state index < -0.39 is 9.84 Å². The van der Waals surface area contributed by atoms with Crippen LogP contribution in [0.25, 0.3) is 0 Å². The van der Waals surface area contributed by atoms with Gasteiger partial charge in [0, 0.05) is 11.9 Å². The van der Waals surface area contributed by atoms with Gasteiger partial charge >= 0.3 is 0 Å². The van der Waals surface area contributed by atoms with E-state index in [9.17, 15) is 13.2 Å². The molecule has 2 N–H and O–H groups in total. The smallest absolute Gasteiger partial charge is 0.279 e. The minimum atomic E-state index is -3.25. The van der Waals surface area contributed by atoms with Crippen LogP contribution in [0.5, 0.6) is 0 Å². The average molecular weight is 311 g/mol. The summed E-state index contributed by atoms with van der Waals surface area (Å²) in [7, 11) is -3.25. The predicted octanol–water partition coefficient (Wildman–Crippen LogP) is 0.488. The van der Waals surface area contributed by atoms with Crippen LogP contribution in [0, 0.1) is 0 Å². The number of anilines is 1. The monoisotopic (exact) mass is 311 g/mol. The number of hydrogen-bond acceptors (Lipinski definition) is 3. The highest BCUT2D eigenvalue weighted by Crippen LogP contribution is 2.14. The Morgan fingerprint density at radius 1 is 1.19 bits per heavy atom. The molecular weight excluding hydrogens is 288 g/mol. The van der Waals surface area contributed by atoms with Gasteiger partial charge in [-0.05, 0) is 43.9 Å². The van der Waals surface area contributed by atoms with Crippen LogP contribution in [0.3, 0.4) is 0 Å². The Kier molecular flexibility index (Phi) is 5.36. The second kappa shape index (κ2) is 7.04. The van der Waals surface area contributed by atoms with E-state index in [1.165, 1.54) is 42.7 Å². The van der Waals surface area contributed by atoms with Crippen molar-refractivity contribution in [2.75, 3.05) is 31.2 Å². The number of benzene rings is 1. The third kappa shape index (κ3) is 5.13. The largest absolute Gasteiger partial charge is 0.327 e. The molecule has 1 amide bonds. The maximum atomic E-state index is 12.1. The molecule has 0 radical (unpaired) electrons. The van der Waals surface area contributed by atoms with Gasteiger partial charge in [-0.1, -0.05) is 6.07 Å². The number of amides is 1. The molecule has 116 valence electrons. The molecule has 2 rings (SSSR count). The number of quaternary nitrogens is 1. The van der Waals surface area contributed by atoms with Gasteiger partial charge in [0.25, 0.3) is 5.91 Å². The highest BCUT2D eigenvalue weighted by Gasteiger charge is 2.16. The topological polar surface area (TPSA) is 67.7 Å². The molecule has 1 aromatic carbocycles. The highest BCUT2D eigenvalue weighted by atomic mass is 32.2. The van der Waals surface area contributed by atoms with Crippen LogP contribution >= 0.6 is 0 Å². The number of rotatable bonds is 4. The summed E-state index contributed by atoms with van der Waals surface area (Å²) in [6, 6.07) is 6.39. The zero-order valence-electron chi connectivity index (χ0n) is 12.4. The van der Waals surface area contributed by atoms with Gasteiger partial charge in [-0.3, -0.25) is 4.79 Å². The van der Waals surface area contributed by atoms with Crippen molar-refractivity contribution < 1.29 is 18.1 Å². The summed E-state index contributed by atoms with van der Waals surface area (Å²) >= 11 is 0. The Morgan fingerprint density at radius 2 is 1.86 bits per heavy atom. The number of likely N-dealkylation sites (tertiary alicyclic amines) is 1. The summed E-state index contributed by atoms with van der Waals surface area (Å²) in [5, 5.41) is 2.80. The van der Waals surface area contributed by atoms with Crippen molar-refractivity contribution >= 4 is 21.4 Å². The van der Waals surface area contributed by atoms with E-state index in [-0.39, 0.29) is 10.8 Å². The van der Waals surface area contributed by atoms with E-state index in [1.54, 1.807) is 12.1 Å². The van der Waals surface area contributed by atoms with Crippen molar-refractivity contribution in [2.45, 2.75) is 30.6 Å². The summed E-state index contributed by atoms with van der Waals surface area (Å²) in [6.45, 7) is 2.52. The number of sulfone groups is 1. The molecule has 0 spiro atoms. The molecular formula is C15H23N2O3S+. The summed E-state index contributed by atoms with van der Waals surface area (Å²) in [6.07, 6.45) is 6.01. The lowest BCUT2D eigenvalue weighted by molar-refractivity contribution is -0.890. The van der Waals surface area contributed by atoms with Gasteiger partial charge in [-0.15, -0.1) is 0 Å². The summed E-state index contributed by atoms with van der Waals surface area (Å²) in [4.78, 5) is 13.6. The number of nitrogens with one attached hydrogen (secondary N) is 2.